The summed E-state index contributed by atoms with van der Waals surface area (Å²) in [6.07, 6.45) is 2.66. The number of rotatable bonds is 2. The first-order valence-electron chi connectivity index (χ1n) is 6.57. The quantitative estimate of drug-likeness (QED) is 0.791. The van der Waals surface area contributed by atoms with Crippen molar-refractivity contribution in [1.82, 2.24) is 4.90 Å². The SMILES string of the molecule is CC(c1ccc(N)cc1)N1CCCC(C)(C)C1. The number of benzene rings is 1. The molecule has 0 aliphatic carbocycles. The number of likely N-dealkylation sites (tertiary alicyclic amines) is 1. The summed E-state index contributed by atoms with van der Waals surface area (Å²) in [5, 5.41) is 0. The van der Waals surface area contributed by atoms with Gasteiger partial charge >= 0.3 is 0 Å². The number of anilines is 1. The third-order valence-electron chi connectivity index (χ3n) is 3.90. The third-order valence-corrected chi connectivity index (χ3v) is 3.90. The zero-order valence-corrected chi connectivity index (χ0v) is 11.2. The summed E-state index contributed by atoms with van der Waals surface area (Å²) >= 11 is 0. The van der Waals surface area contributed by atoms with Crippen LogP contribution in [0.15, 0.2) is 24.3 Å². The summed E-state index contributed by atoms with van der Waals surface area (Å²) in [4.78, 5) is 2.59. The highest BCUT2D eigenvalue weighted by molar-refractivity contribution is 5.40. The molecule has 0 radical (unpaired) electrons. The van der Waals surface area contributed by atoms with Crippen molar-refractivity contribution in [3.8, 4) is 0 Å². The molecule has 94 valence electrons. The van der Waals surface area contributed by atoms with Gasteiger partial charge in [-0.2, -0.15) is 0 Å². The average molecular weight is 232 g/mol. The first-order chi connectivity index (χ1) is 7.98. The summed E-state index contributed by atoms with van der Waals surface area (Å²) in [5.74, 6) is 0. The average Bonchev–Trinajstić information content (AvgIpc) is 2.28. The molecular weight excluding hydrogens is 208 g/mol. The van der Waals surface area contributed by atoms with E-state index in [9.17, 15) is 0 Å². The van der Waals surface area contributed by atoms with Crippen LogP contribution in [-0.4, -0.2) is 18.0 Å². The molecule has 1 saturated heterocycles. The molecule has 2 heteroatoms. The van der Waals surface area contributed by atoms with E-state index in [1.807, 2.05) is 12.1 Å². The zero-order valence-electron chi connectivity index (χ0n) is 11.2. The van der Waals surface area contributed by atoms with Gasteiger partial charge in [0.15, 0.2) is 0 Å². The van der Waals surface area contributed by atoms with E-state index in [0.29, 0.717) is 11.5 Å². The van der Waals surface area contributed by atoms with Gasteiger partial charge in [0.05, 0.1) is 0 Å². The monoisotopic (exact) mass is 232 g/mol. The number of nitrogen functional groups attached to an aromatic ring is 1. The minimum Gasteiger partial charge on any atom is -0.399 e. The van der Waals surface area contributed by atoms with E-state index in [0.717, 1.165) is 5.69 Å². The molecule has 0 amide bonds. The van der Waals surface area contributed by atoms with Gasteiger partial charge in [0, 0.05) is 18.3 Å². The molecule has 1 unspecified atom stereocenters. The van der Waals surface area contributed by atoms with Crippen LogP contribution in [0.4, 0.5) is 5.69 Å². The highest BCUT2D eigenvalue weighted by atomic mass is 15.2. The van der Waals surface area contributed by atoms with Crippen molar-refractivity contribution in [2.45, 2.75) is 39.7 Å². The van der Waals surface area contributed by atoms with Crippen molar-refractivity contribution in [2.75, 3.05) is 18.8 Å². The lowest BCUT2D eigenvalue weighted by atomic mass is 9.83. The van der Waals surface area contributed by atoms with E-state index in [2.05, 4.69) is 37.8 Å². The number of piperidine rings is 1. The fourth-order valence-electron chi connectivity index (χ4n) is 2.78. The molecule has 1 aliphatic heterocycles. The normalized spacial score (nSPS) is 22.3. The molecule has 2 N–H and O–H groups in total. The predicted octanol–water partition coefficient (Wildman–Crippen LogP) is 3.45. The molecule has 0 spiro atoms. The van der Waals surface area contributed by atoms with Crippen LogP contribution in [-0.2, 0) is 0 Å². The fourth-order valence-corrected chi connectivity index (χ4v) is 2.78. The Labute approximate surface area is 105 Å². The van der Waals surface area contributed by atoms with Crippen molar-refractivity contribution < 1.29 is 0 Å². The van der Waals surface area contributed by atoms with E-state index in [1.165, 1.54) is 31.5 Å². The minimum atomic E-state index is 0.459. The summed E-state index contributed by atoms with van der Waals surface area (Å²) in [6, 6.07) is 8.81. The first kappa shape index (κ1) is 12.4. The highest BCUT2D eigenvalue weighted by Gasteiger charge is 2.29. The van der Waals surface area contributed by atoms with Gasteiger partial charge < -0.3 is 5.73 Å². The van der Waals surface area contributed by atoms with Crippen molar-refractivity contribution in [3.63, 3.8) is 0 Å². The molecule has 0 bridgehead atoms. The Balaban J connectivity index is 2.09. The van der Waals surface area contributed by atoms with Crippen molar-refractivity contribution in [1.29, 1.82) is 0 Å². The Morgan fingerprint density at radius 2 is 1.88 bits per heavy atom. The molecular formula is C15H24N2. The van der Waals surface area contributed by atoms with Gasteiger partial charge in [-0.1, -0.05) is 26.0 Å². The van der Waals surface area contributed by atoms with Gasteiger partial charge in [0.2, 0.25) is 0 Å². The Kier molecular flexibility index (Phi) is 3.43. The first-order valence-corrected chi connectivity index (χ1v) is 6.57. The predicted molar refractivity (Wildman–Crippen MR) is 73.9 cm³/mol. The van der Waals surface area contributed by atoms with Crippen molar-refractivity contribution in [2.24, 2.45) is 5.41 Å². The minimum absolute atomic E-state index is 0.459. The van der Waals surface area contributed by atoms with E-state index in [4.69, 9.17) is 5.73 Å². The summed E-state index contributed by atoms with van der Waals surface area (Å²) in [5.41, 5.74) is 8.41. The van der Waals surface area contributed by atoms with Crippen LogP contribution in [0, 0.1) is 5.41 Å². The standard InChI is InChI=1S/C15H24N2/c1-12(13-5-7-14(16)8-6-13)17-10-4-9-15(2,3)11-17/h5-8,12H,4,9-11,16H2,1-3H3. The van der Waals surface area contributed by atoms with Gasteiger partial charge in [-0.3, -0.25) is 4.90 Å². The molecule has 2 rings (SSSR count). The molecule has 0 aromatic heterocycles. The summed E-state index contributed by atoms with van der Waals surface area (Å²) < 4.78 is 0. The van der Waals surface area contributed by atoms with E-state index in [-0.39, 0.29) is 0 Å². The Bertz CT molecular complexity index is 367. The molecule has 1 fully saturated rings. The number of nitrogens with zero attached hydrogens (tertiary/aromatic N) is 1. The Morgan fingerprint density at radius 1 is 1.24 bits per heavy atom. The van der Waals surface area contributed by atoms with Crippen LogP contribution in [0.2, 0.25) is 0 Å². The van der Waals surface area contributed by atoms with Crippen LogP contribution < -0.4 is 5.73 Å². The van der Waals surface area contributed by atoms with E-state index in [1.54, 1.807) is 0 Å². The topological polar surface area (TPSA) is 29.3 Å². The lowest BCUT2D eigenvalue weighted by Gasteiger charge is -2.41. The van der Waals surface area contributed by atoms with Gasteiger partial charge in [-0.25, -0.2) is 0 Å². The molecule has 1 aliphatic rings. The maximum absolute atomic E-state index is 5.73. The van der Waals surface area contributed by atoms with E-state index < -0.39 is 0 Å². The molecule has 17 heavy (non-hydrogen) atoms. The number of hydrogen-bond donors (Lipinski definition) is 1. The van der Waals surface area contributed by atoms with Crippen LogP contribution in [0.1, 0.15) is 45.2 Å². The van der Waals surface area contributed by atoms with Gasteiger partial charge in [-0.15, -0.1) is 0 Å². The molecule has 2 nitrogen and oxygen atoms in total. The van der Waals surface area contributed by atoms with Crippen LogP contribution in [0.5, 0.6) is 0 Å². The maximum atomic E-state index is 5.73. The third kappa shape index (κ3) is 3.01. The van der Waals surface area contributed by atoms with Crippen LogP contribution in [0.3, 0.4) is 0 Å². The summed E-state index contributed by atoms with van der Waals surface area (Å²) in [6.45, 7) is 9.45. The lowest BCUT2D eigenvalue weighted by molar-refractivity contribution is 0.0846. The Hall–Kier alpha value is -1.02. The van der Waals surface area contributed by atoms with Crippen LogP contribution >= 0.6 is 0 Å². The van der Waals surface area contributed by atoms with Gasteiger partial charge in [0.25, 0.3) is 0 Å². The van der Waals surface area contributed by atoms with Crippen LogP contribution in [0.25, 0.3) is 0 Å². The Morgan fingerprint density at radius 3 is 2.47 bits per heavy atom. The van der Waals surface area contributed by atoms with Crippen molar-refractivity contribution >= 4 is 5.69 Å². The number of hydrogen-bond acceptors (Lipinski definition) is 2. The molecule has 1 atom stereocenters. The smallest absolute Gasteiger partial charge is 0.0320 e. The molecule has 1 aromatic carbocycles. The summed E-state index contributed by atoms with van der Waals surface area (Å²) in [7, 11) is 0. The lowest BCUT2D eigenvalue weighted by Crippen LogP contribution is -2.41. The van der Waals surface area contributed by atoms with E-state index >= 15 is 0 Å². The van der Waals surface area contributed by atoms with Gasteiger partial charge in [0.1, 0.15) is 0 Å². The maximum Gasteiger partial charge on any atom is 0.0320 e. The van der Waals surface area contributed by atoms with Crippen molar-refractivity contribution in [3.05, 3.63) is 29.8 Å². The second-order valence-electron chi connectivity index (χ2n) is 6.08. The molecule has 1 aromatic rings. The second kappa shape index (κ2) is 4.69. The second-order valence-corrected chi connectivity index (χ2v) is 6.08. The fraction of sp³-hybridized carbons (Fsp3) is 0.600. The zero-order chi connectivity index (χ0) is 12.5. The highest BCUT2D eigenvalue weighted by Crippen LogP contribution is 2.33. The van der Waals surface area contributed by atoms with Gasteiger partial charge in [-0.05, 0) is 49.4 Å². The molecule has 0 saturated carbocycles. The largest absolute Gasteiger partial charge is 0.399 e. The molecule has 1 heterocycles. The number of nitrogens with two attached hydrogens (primary N) is 1.